The van der Waals surface area contributed by atoms with E-state index in [0.29, 0.717) is 39.6 Å². The van der Waals surface area contributed by atoms with Crippen LogP contribution in [0, 0.1) is 0 Å². The highest BCUT2D eigenvalue weighted by Crippen LogP contribution is 2.37. The van der Waals surface area contributed by atoms with Crippen molar-refractivity contribution in [1.82, 2.24) is 5.43 Å². The zero-order valence-electron chi connectivity index (χ0n) is 17.9. The Kier molecular flexibility index (Phi) is 7.42. The van der Waals surface area contributed by atoms with Gasteiger partial charge < -0.3 is 19.5 Å². The number of nitrogens with one attached hydrogen (secondary N) is 2. The molecule has 0 atom stereocenters. The minimum absolute atomic E-state index is 0.224. The molecule has 32 heavy (non-hydrogen) atoms. The second kappa shape index (κ2) is 10.6. The third-order valence-corrected chi connectivity index (χ3v) is 4.51. The molecule has 0 aliphatic rings. The highest BCUT2D eigenvalue weighted by Gasteiger charge is 2.12. The maximum Gasteiger partial charge on any atom is 0.271 e. The molecule has 0 aliphatic carbocycles. The van der Waals surface area contributed by atoms with Gasteiger partial charge in [0.1, 0.15) is 0 Å². The van der Waals surface area contributed by atoms with Crippen LogP contribution in [0.5, 0.6) is 17.2 Å². The van der Waals surface area contributed by atoms with Gasteiger partial charge in [-0.1, -0.05) is 18.2 Å². The van der Waals surface area contributed by atoms with E-state index in [9.17, 15) is 9.59 Å². The Labute approximate surface area is 185 Å². The van der Waals surface area contributed by atoms with Crippen LogP contribution in [0.4, 0.5) is 5.69 Å². The summed E-state index contributed by atoms with van der Waals surface area (Å²) in [5.74, 6) is 0.809. The summed E-state index contributed by atoms with van der Waals surface area (Å²) >= 11 is 0. The second-order valence-corrected chi connectivity index (χ2v) is 6.56. The molecule has 0 bridgehead atoms. The lowest BCUT2D eigenvalue weighted by molar-refractivity contribution is 0.0954. The van der Waals surface area contributed by atoms with Gasteiger partial charge in [0.15, 0.2) is 11.5 Å². The van der Waals surface area contributed by atoms with E-state index in [0.717, 1.165) is 0 Å². The van der Waals surface area contributed by atoms with Crippen molar-refractivity contribution in [2.45, 2.75) is 0 Å². The molecule has 3 aromatic rings. The van der Waals surface area contributed by atoms with E-state index in [4.69, 9.17) is 14.2 Å². The first-order chi connectivity index (χ1) is 15.5. The normalized spacial score (nSPS) is 10.5. The highest BCUT2D eigenvalue weighted by atomic mass is 16.5. The topological polar surface area (TPSA) is 98.2 Å². The van der Waals surface area contributed by atoms with Crippen LogP contribution in [0.15, 0.2) is 71.8 Å². The fourth-order valence-corrected chi connectivity index (χ4v) is 2.90. The van der Waals surface area contributed by atoms with Crippen LogP contribution in [-0.4, -0.2) is 39.4 Å². The molecule has 0 radical (unpaired) electrons. The number of ether oxygens (including phenoxy) is 3. The molecule has 0 spiro atoms. The lowest BCUT2D eigenvalue weighted by Gasteiger charge is -2.12. The number of carbonyl (C=O) groups is 2. The summed E-state index contributed by atoms with van der Waals surface area (Å²) in [5.41, 5.74) is 4.64. The largest absolute Gasteiger partial charge is 0.493 e. The lowest BCUT2D eigenvalue weighted by atomic mass is 10.1. The number of hydrazone groups is 1. The first-order valence-electron chi connectivity index (χ1n) is 9.65. The third kappa shape index (κ3) is 5.42. The van der Waals surface area contributed by atoms with E-state index in [1.165, 1.54) is 27.5 Å². The Morgan fingerprint density at radius 2 is 1.38 bits per heavy atom. The summed E-state index contributed by atoms with van der Waals surface area (Å²) in [6, 6.07) is 18.8. The summed E-state index contributed by atoms with van der Waals surface area (Å²) in [5, 5.41) is 6.77. The standard InChI is InChI=1S/C24H23N3O5/c1-30-20-13-16(14-21(31-2)22(20)32-3)15-25-27-24(29)18-9-11-19(12-10-18)26-23(28)17-7-5-4-6-8-17/h4-15H,1-3H3,(H,26,28)(H,27,29)/b25-15-. The van der Waals surface area contributed by atoms with Crippen LogP contribution < -0.4 is 25.0 Å². The molecule has 164 valence electrons. The molecule has 0 saturated carbocycles. The van der Waals surface area contributed by atoms with Crippen LogP contribution >= 0.6 is 0 Å². The van der Waals surface area contributed by atoms with Crippen LogP contribution in [0.25, 0.3) is 0 Å². The van der Waals surface area contributed by atoms with Crippen molar-refractivity contribution in [2.24, 2.45) is 5.10 Å². The van der Waals surface area contributed by atoms with Gasteiger partial charge in [-0.15, -0.1) is 0 Å². The molecular formula is C24H23N3O5. The maximum absolute atomic E-state index is 12.4. The van der Waals surface area contributed by atoms with Gasteiger partial charge in [0.05, 0.1) is 27.5 Å². The fraction of sp³-hybridized carbons (Fsp3) is 0.125. The van der Waals surface area contributed by atoms with E-state index in [1.54, 1.807) is 60.7 Å². The number of nitrogens with zero attached hydrogens (tertiary/aromatic N) is 1. The number of hydrogen-bond donors (Lipinski definition) is 2. The van der Waals surface area contributed by atoms with E-state index in [1.807, 2.05) is 6.07 Å². The van der Waals surface area contributed by atoms with Gasteiger partial charge in [-0.05, 0) is 48.5 Å². The average Bonchev–Trinajstić information content (AvgIpc) is 2.84. The van der Waals surface area contributed by atoms with Crippen molar-refractivity contribution in [3.63, 3.8) is 0 Å². The molecule has 2 amide bonds. The Morgan fingerprint density at radius 3 is 1.94 bits per heavy atom. The summed E-state index contributed by atoms with van der Waals surface area (Å²) in [6.45, 7) is 0. The minimum atomic E-state index is -0.394. The second-order valence-electron chi connectivity index (χ2n) is 6.56. The number of hydrogen-bond acceptors (Lipinski definition) is 6. The number of methoxy groups -OCH3 is 3. The SMILES string of the molecule is COc1cc(/C=N\NC(=O)c2ccc(NC(=O)c3ccccc3)cc2)cc(OC)c1OC. The molecule has 8 heteroatoms. The van der Waals surface area contributed by atoms with Crippen molar-refractivity contribution in [3.8, 4) is 17.2 Å². The monoisotopic (exact) mass is 433 g/mol. The van der Waals surface area contributed by atoms with Crippen LogP contribution in [-0.2, 0) is 0 Å². The quantitative estimate of drug-likeness (QED) is 0.417. The van der Waals surface area contributed by atoms with Crippen molar-refractivity contribution in [3.05, 3.63) is 83.4 Å². The Bertz CT molecular complexity index is 1090. The van der Waals surface area contributed by atoms with Gasteiger partial charge in [-0.2, -0.15) is 5.10 Å². The predicted octanol–water partition coefficient (Wildman–Crippen LogP) is 3.73. The zero-order chi connectivity index (χ0) is 22.9. The number of anilines is 1. The smallest absolute Gasteiger partial charge is 0.271 e. The van der Waals surface area contributed by atoms with E-state index < -0.39 is 5.91 Å². The molecule has 0 fully saturated rings. The number of carbonyl (C=O) groups excluding carboxylic acids is 2. The molecule has 0 unspecified atom stereocenters. The Morgan fingerprint density at radius 1 is 0.781 bits per heavy atom. The van der Waals surface area contributed by atoms with Gasteiger partial charge >= 0.3 is 0 Å². The molecule has 3 rings (SSSR count). The molecule has 2 N–H and O–H groups in total. The van der Waals surface area contributed by atoms with Crippen LogP contribution in [0.3, 0.4) is 0 Å². The minimum Gasteiger partial charge on any atom is -0.493 e. The fourth-order valence-electron chi connectivity index (χ4n) is 2.90. The molecule has 3 aromatic carbocycles. The molecule has 0 heterocycles. The lowest BCUT2D eigenvalue weighted by Crippen LogP contribution is -2.18. The third-order valence-electron chi connectivity index (χ3n) is 4.51. The van der Waals surface area contributed by atoms with Gasteiger partial charge in [-0.25, -0.2) is 5.43 Å². The van der Waals surface area contributed by atoms with Crippen molar-refractivity contribution < 1.29 is 23.8 Å². The zero-order valence-corrected chi connectivity index (χ0v) is 17.9. The molecular weight excluding hydrogens is 410 g/mol. The van der Waals surface area contributed by atoms with E-state index in [-0.39, 0.29) is 5.91 Å². The first kappa shape index (κ1) is 22.4. The Hall–Kier alpha value is -4.33. The van der Waals surface area contributed by atoms with Gasteiger partial charge in [0.25, 0.3) is 11.8 Å². The number of benzene rings is 3. The van der Waals surface area contributed by atoms with Crippen molar-refractivity contribution in [2.75, 3.05) is 26.6 Å². The molecule has 0 aromatic heterocycles. The predicted molar refractivity (Wildman–Crippen MR) is 122 cm³/mol. The highest BCUT2D eigenvalue weighted by molar-refractivity contribution is 6.04. The molecule has 0 saturated heterocycles. The molecule has 0 aliphatic heterocycles. The van der Waals surface area contributed by atoms with Gasteiger partial charge in [-0.3, -0.25) is 9.59 Å². The Balaban J connectivity index is 1.63. The summed E-state index contributed by atoms with van der Waals surface area (Å²) < 4.78 is 15.9. The van der Waals surface area contributed by atoms with Crippen molar-refractivity contribution in [1.29, 1.82) is 0 Å². The molecule has 8 nitrogen and oxygen atoms in total. The maximum atomic E-state index is 12.4. The van der Waals surface area contributed by atoms with Gasteiger partial charge in [0.2, 0.25) is 5.75 Å². The van der Waals surface area contributed by atoms with E-state index >= 15 is 0 Å². The van der Waals surface area contributed by atoms with Crippen LogP contribution in [0.2, 0.25) is 0 Å². The summed E-state index contributed by atoms with van der Waals surface area (Å²) in [4.78, 5) is 24.6. The van der Waals surface area contributed by atoms with Crippen molar-refractivity contribution >= 4 is 23.7 Å². The number of amides is 2. The number of rotatable bonds is 8. The average molecular weight is 433 g/mol. The van der Waals surface area contributed by atoms with Crippen LogP contribution in [0.1, 0.15) is 26.3 Å². The first-order valence-corrected chi connectivity index (χ1v) is 9.65. The van der Waals surface area contributed by atoms with E-state index in [2.05, 4.69) is 15.8 Å². The summed E-state index contributed by atoms with van der Waals surface area (Å²) in [6.07, 6.45) is 1.47. The van der Waals surface area contributed by atoms with Gasteiger partial charge in [0, 0.05) is 22.4 Å². The summed E-state index contributed by atoms with van der Waals surface area (Å²) in [7, 11) is 4.56.